The number of hydrogen-bond acceptors (Lipinski definition) is 4. The molecule has 1 aliphatic carbocycles. The zero-order valence-electron chi connectivity index (χ0n) is 15.1. The first-order valence-electron chi connectivity index (χ1n) is 8.08. The molecule has 3 atom stereocenters. The van der Waals surface area contributed by atoms with E-state index in [1.807, 2.05) is 20.8 Å². The van der Waals surface area contributed by atoms with E-state index in [2.05, 4.69) is 4.72 Å². The summed E-state index contributed by atoms with van der Waals surface area (Å²) < 4.78 is 34.8. The Hall–Kier alpha value is -1.11. The number of hydrogen-bond donors (Lipinski definition) is 1. The van der Waals surface area contributed by atoms with Gasteiger partial charge in [-0.1, -0.05) is 12.1 Å². The summed E-state index contributed by atoms with van der Waals surface area (Å²) in [6.45, 7) is 10.9. The molecule has 2 rings (SSSR count). The van der Waals surface area contributed by atoms with Gasteiger partial charge in [-0.25, -0.2) is 4.39 Å². The predicted octanol–water partition coefficient (Wildman–Crippen LogP) is 3.43. The maximum atomic E-state index is 14.4. The van der Waals surface area contributed by atoms with Crippen LogP contribution in [0, 0.1) is 11.7 Å². The summed E-state index contributed by atoms with van der Waals surface area (Å²) in [5.41, 5.74) is 0.554. The van der Waals surface area contributed by atoms with Crippen LogP contribution in [0.1, 0.15) is 58.7 Å². The second-order valence-electron chi connectivity index (χ2n) is 8.13. The van der Waals surface area contributed by atoms with Gasteiger partial charge in [0.2, 0.25) is 0 Å². The van der Waals surface area contributed by atoms with E-state index in [-0.39, 0.29) is 5.82 Å². The van der Waals surface area contributed by atoms with E-state index in [9.17, 15) is 13.7 Å². The number of benzene rings is 1. The average molecular weight is 355 g/mol. The van der Waals surface area contributed by atoms with Crippen LogP contribution in [0.5, 0.6) is 0 Å². The van der Waals surface area contributed by atoms with Gasteiger partial charge in [-0.15, -0.1) is 4.72 Å². The van der Waals surface area contributed by atoms with E-state index in [0.717, 1.165) is 5.56 Å². The van der Waals surface area contributed by atoms with Gasteiger partial charge in [0.15, 0.2) is 0 Å². The number of esters is 1. The SMILES string of the molecule is CC(C)(C)OC(=O)[C@H]1Cc2cccc(F)c2[C@H]1N[S+]([O-])C(C)(C)C. The van der Waals surface area contributed by atoms with Gasteiger partial charge < -0.3 is 9.29 Å². The first kappa shape index (κ1) is 19.2. The Labute approximate surface area is 146 Å². The van der Waals surface area contributed by atoms with Gasteiger partial charge in [0, 0.05) is 16.9 Å². The molecule has 1 N–H and O–H groups in total. The van der Waals surface area contributed by atoms with Crippen LogP contribution in [0.25, 0.3) is 0 Å². The number of fused-ring (bicyclic) bond motifs is 1. The van der Waals surface area contributed by atoms with Crippen LogP contribution in [-0.4, -0.2) is 20.9 Å². The van der Waals surface area contributed by atoms with Gasteiger partial charge in [0.1, 0.15) is 16.2 Å². The minimum absolute atomic E-state index is 0.376. The quantitative estimate of drug-likeness (QED) is 0.666. The zero-order valence-corrected chi connectivity index (χ0v) is 15.9. The highest BCUT2D eigenvalue weighted by molar-refractivity contribution is 7.90. The van der Waals surface area contributed by atoms with Crippen molar-refractivity contribution in [2.45, 2.75) is 64.4 Å². The van der Waals surface area contributed by atoms with Crippen LogP contribution < -0.4 is 4.72 Å². The molecule has 0 saturated heterocycles. The number of nitrogens with one attached hydrogen (secondary N) is 1. The van der Waals surface area contributed by atoms with Gasteiger partial charge >= 0.3 is 5.97 Å². The molecule has 24 heavy (non-hydrogen) atoms. The van der Waals surface area contributed by atoms with Crippen molar-refractivity contribution in [3.63, 3.8) is 0 Å². The van der Waals surface area contributed by atoms with Crippen molar-refractivity contribution >= 4 is 17.3 Å². The molecular formula is C18H26FNO3S. The van der Waals surface area contributed by atoms with Crippen LogP contribution in [0.15, 0.2) is 18.2 Å². The Morgan fingerprint density at radius 2 is 1.92 bits per heavy atom. The van der Waals surface area contributed by atoms with Gasteiger partial charge in [0.05, 0.1) is 12.0 Å². The van der Waals surface area contributed by atoms with E-state index in [1.54, 1.807) is 32.9 Å². The minimum Gasteiger partial charge on any atom is -0.598 e. The highest BCUT2D eigenvalue weighted by Gasteiger charge is 2.45. The van der Waals surface area contributed by atoms with Gasteiger partial charge in [0.25, 0.3) is 0 Å². The summed E-state index contributed by atoms with van der Waals surface area (Å²) in [7, 11) is 0. The van der Waals surface area contributed by atoms with E-state index in [0.29, 0.717) is 12.0 Å². The minimum atomic E-state index is -1.43. The summed E-state index contributed by atoms with van der Waals surface area (Å²) in [6, 6.07) is 4.14. The van der Waals surface area contributed by atoms with Crippen molar-refractivity contribution < 1.29 is 18.5 Å². The maximum absolute atomic E-state index is 14.4. The van der Waals surface area contributed by atoms with Crippen molar-refractivity contribution in [2.24, 2.45) is 5.92 Å². The molecule has 0 radical (unpaired) electrons. The lowest BCUT2D eigenvalue weighted by atomic mass is 10.0. The Morgan fingerprint density at radius 3 is 2.46 bits per heavy atom. The number of ether oxygens (including phenoxy) is 1. The van der Waals surface area contributed by atoms with Crippen LogP contribution in [0.4, 0.5) is 4.39 Å². The summed E-state index contributed by atoms with van der Waals surface area (Å²) in [5.74, 6) is -1.38. The van der Waals surface area contributed by atoms with Gasteiger partial charge in [-0.2, -0.15) is 0 Å². The molecule has 1 unspecified atom stereocenters. The number of carbonyl (C=O) groups is 1. The molecule has 0 fully saturated rings. The standard InChI is InChI=1S/C18H26FNO3S/c1-17(2,3)23-16(21)12-10-11-8-7-9-13(19)14(11)15(12)20-24(22)18(4,5)6/h7-9,12,15,20H,10H2,1-6H3/t12-,15-,24?/m0/s1. The van der Waals surface area contributed by atoms with E-state index in [4.69, 9.17) is 4.74 Å². The lowest BCUT2D eigenvalue weighted by Gasteiger charge is -2.30. The van der Waals surface area contributed by atoms with Gasteiger partial charge in [-0.3, -0.25) is 4.79 Å². The smallest absolute Gasteiger partial charge is 0.311 e. The molecule has 0 aromatic heterocycles. The Morgan fingerprint density at radius 1 is 1.29 bits per heavy atom. The van der Waals surface area contributed by atoms with Crippen molar-refractivity contribution in [1.82, 2.24) is 4.72 Å². The normalized spacial score (nSPS) is 22.2. The van der Waals surface area contributed by atoms with Gasteiger partial charge in [-0.05, 0) is 59.6 Å². The molecule has 6 heteroatoms. The first-order valence-corrected chi connectivity index (χ1v) is 9.23. The fraction of sp³-hybridized carbons (Fsp3) is 0.611. The topological polar surface area (TPSA) is 61.4 Å². The van der Waals surface area contributed by atoms with Crippen LogP contribution in [0.3, 0.4) is 0 Å². The summed E-state index contributed by atoms with van der Waals surface area (Å²) in [4.78, 5) is 12.6. The molecule has 0 saturated carbocycles. The summed E-state index contributed by atoms with van der Waals surface area (Å²) >= 11 is -1.43. The lowest BCUT2D eigenvalue weighted by molar-refractivity contribution is -0.160. The second-order valence-corrected chi connectivity index (χ2v) is 10.1. The number of rotatable bonds is 3. The molecule has 1 aromatic carbocycles. The third-order valence-corrected chi connectivity index (χ3v) is 5.38. The van der Waals surface area contributed by atoms with E-state index >= 15 is 0 Å². The Kier molecular flexibility index (Phi) is 5.33. The highest BCUT2D eigenvalue weighted by atomic mass is 32.2. The van der Waals surface area contributed by atoms with Crippen molar-refractivity contribution in [2.75, 3.05) is 0 Å². The molecule has 1 aliphatic rings. The third-order valence-electron chi connectivity index (χ3n) is 3.80. The summed E-state index contributed by atoms with van der Waals surface area (Å²) in [5, 5.41) is 0. The fourth-order valence-corrected chi connectivity index (χ4v) is 3.56. The molecule has 0 heterocycles. The molecule has 0 aliphatic heterocycles. The largest absolute Gasteiger partial charge is 0.598 e. The molecule has 1 aromatic rings. The number of halogens is 1. The Balaban J connectivity index is 2.34. The van der Waals surface area contributed by atoms with Crippen LogP contribution >= 0.6 is 0 Å². The fourth-order valence-electron chi connectivity index (χ4n) is 2.69. The van der Waals surface area contributed by atoms with Crippen molar-refractivity contribution in [3.05, 3.63) is 35.1 Å². The Bertz CT molecular complexity index is 622. The number of carbonyl (C=O) groups excluding carboxylic acids is 1. The molecule has 134 valence electrons. The monoisotopic (exact) mass is 355 g/mol. The zero-order chi connectivity index (χ0) is 18.3. The van der Waals surface area contributed by atoms with Crippen LogP contribution in [0.2, 0.25) is 0 Å². The molecule has 0 spiro atoms. The third kappa shape index (κ3) is 4.29. The molecule has 4 nitrogen and oxygen atoms in total. The van der Waals surface area contributed by atoms with E-state index in [1.165, 1.54) is 6.07 Å². The summed E-state index contributed by atoms with van der Waals surface area (Å²) in [6.07, 6.45) is 0.376. The molecule has 0 bridgehead atoms. The molecular weight excluding hydrogens is 329 g/mol. The second kappa shape index (κ2) is 6.65. The van der Waals surface area contributed by atoms with Crippen molar-refractivity contribution in [3.8, 4) is 0 Å². The average Bonchev–Trinajstić information content (AvgIpc) is 2.76. The lowest BCUT2D eigenvalue weighted by Crippen LogP contribution is -2.44. The predicted molar refractivity (Wildman–Crippen MR) is 93.2 cm³/mol. The molecule has 0 amide bonds. The maximum Gasteiger partial charge on any atom is 0.311 e. The first-order chi connectivity index (χ1) is 10.9. The van der Waals surface area contributed by atoms with Crippen LogP contribution in [-0.2, 0) is 27.3 Å². The highest BCUT2D eigenvalue weighted by Crippen LogP contribution is 2.40. The van der Waals surface area contributed by atoms with E-state index < -0.39 is 39.6 Å². The van der Waals surface area contributed by atoms with Crippen molar-refractivity contribution in [1.29, 1.82) is 0 Å².